The zero-order valence-electron chi connectivity index (χ0n) is 13.0. The van der Waals surface area contributed by atoms with E-state index in [0.717, 1.165) is 37.3 Å². The third-order valence-electron chi connectivity index (χ3n) is 4.15. The number of anilines is 1. The lowest BCUT2D eigenvalue weighted by Crippen LogP contribution is -2.47. The molecular weight excluding hydrogens is 312 g/mol. The summed E-state index contributed by atoms with van der Waals surface area (Å²) in [5.74, 6) is 0.0225. The summed E-state index contributed by atoms with van der Waals surface area (Å²) in [7, 11) is 2.06. The first kappa shape index (κ1) is 15.8. The van der Waals surface area contributed by atoms with Crippen molar-refractivity contribution in [1.82, 2.24) is 14.8 Å². The first-order valence-electron chi connectivity index (χ1n) is 7.53. The molecule has 1 amide bonds. The smallest absolute Gasteiger partial charge is 0.253 e. The molecule has 0 atom stereocenters. The Morgan fingerprint density at radius 2 is 1.91 bits per heavy atom. The molecule has 1 fully saturated rings. The van der Waals surface area contributed by atoms with Crippen molar-refractivity contribution in [3.63, 3.8) is 0 Å². The zero-order chi connectivity index (χ0) is 16.4. The minimum atomic E-state index is 0.0225. The number of benzene rings is 1. The summed E-state index contributed by atoms with van der Waals surface area (Å²) in [6.07, 6.45) is 3.26. The molecule has 1 saturated heterocycles. The minimum absolute atomic E-state index is 0.0225. The zero-order valence-corrected chi connectivity index (χ0v) is 13.8. The summed E-state index contributed by atoms with van der Waals surface area (Å²) < 4.78 is 0. The lowest BCUT2D eigenvalue weighted by atomic mass is 10.0. The summed E-state index contributed by atoms with van der Waals surface area (Å²) in [4.78, 5) is 20.6. The molecule has 1 aromatic heterocycles. The third kappa shape index (κ3) is 3.30. The number of nitrogen functional groups attached to an aromatic ring is 1. The number of aromatic nitrogens is 1. The highest BCUT2D eigenvalue weighted by atomic mass is 35.5. The number of carbonyl (C=O) groups is 1. The molecule has 0 radical (unpaired) electrons. The fourth-order valence-corrected chi connectivity index (χ4v) is 2.99. The molecule has 2 heterocycles. The molecule has 23 heavy (non-hydrogen) atoms. The van der Waals surface area contributed by atoms with Crippen LogP contribution in [0.15, 0.2) is 36.7 Å². The highest BCUT2D eigenvalue weighted by Crippen LogP contribution is 2.32. The van der Waals surface area contributed by atoms with Gasteiger partial charge in [-0.1, -0.05) is 17.7 Å². The van der Waals surface area contributed by atoms with Crippen LogP contribution in [-0.2, 0) is 0 Å². The number of likely N-dealkylation sites (N-methyl/N-ethyl adjacent to an activating group) is 1. The van der Waals surface area contributed by atoms with Gasteiger partial charge in [0.15, 0.2) is 0 Å². The predicted molar refractivity (Wildman–Crippen MR) is 92.5 cm³/mol. The maximum Gasteiger partial charge on any atom is 0.253 e. The van der Waals surface area contributed by atoms with E-state index in [1.54, 1.807) is 18.5 Å². The van der Waals surface area contributed by atoms with E-state index in [0.29, 0.717) is 16.3 Å². The van der Waals surface area contributed by atoms with E-state index in [-0.39, 0.29) is 5.91 Å². The van der Waals surface area contributed by atoms with Crippen LogP contribution >= 0.6 is 11.6 Å². The van der Waals surface area contributed by atoms with E-state index in [9.17, 15) is 4.79 Å². The van der Waals surface area contributed by atoms with Crippen molar-refractivity contribution in [2.45, 2.75) is 0 Å². The van der Waals surface area contributed by atoms with Gasteiger partial charge in [-0.3, -0.25) is 9.78 Å². The Morgan fingerprint density at radius 3 is 2.57 bits per heavy atom. The number of piperazine rings is 1. The van der Waals surface area contributed by atoms with Crippen LogP contribution in [0, 0.1) is 0 Å². The molecule has 3 rings (SSSR count). The van der Waals surface area contributed by atoms with Gasteiger partial charge in [-0.2, -0.15) is 0 Å². The number of hydrogen-bond donors (Lipinski definition) is 1. The van der Waals surface area contributed by atoms with Crippen molar-refractivity contribution in [1.29, 1.82) is 0 Å². The number of halogens is 1. The van der Waals surface area contributed by atoms with Gasteiger partial charge in [-0.15, -0.1) is 0 Å². The number of nitrogens with zero attached hydrogens (tertiary/aromatic N) is 3. The normalized spacial score (nSPS) is 15.7. The molecule has 1 aromatic carbocycles. The van der Waals surface area contributed by atoms with Crippen molar-refractivity contribution in [3.8, 4) is 11.1 Å². The Bertz CT molecular complexity index is 726. The van der Waals surface area contributed by atoms with Gasteiger partial charge in [0.2, 0.25) is 0 Å². The second-order valence-corrected chi connectivity index (χ2v) is 6.16. The van der Waals surface area contributed by atoms with Gasteiger partial charge < -0.3 is 15.5 Å². The van der Waals surface area contributed by atoms with Crippen molar-refractivity contribution in [3.05, 3.63) is 47.2 Å². The molecule has 0 saturated carbocycles. The van der Waals surface area contributed by atoms with E-state index in [4.69, 9.17) is 17.3 Å². The maximum atomic E-state index is 12.6. The number of nitrogens with two attached hydrogens (primary N) is 1. The Labute approximate surface area is 140 Å². The Hall–Kier alpha value is -2.11. The molecule has 1 aliphatic heterocycles. The van der Waals surface area contributed by atoms with E-state index >= 15 is 0 Å². The minimum Gasteiger partial charge on any atom is -0.397 e. The van der Waals surface area contributed by atoms with E-state index < -0.39 is 0 Å². The van der Waals surface area contributed by atoms with Gasteiger partial charge in [-0.25, -0.2) is 0 Å². The molecule has 6 heteroatoms. The molecule has 1 aliphatic rings. The fraction of sp³-hybridized carbons (Fsp3) is 0.294. The van der Waals surface area contributed by atoms with E-state index in [1.165, 1.54) is 0 Å². The van der Waals surface area contributed by atoms with Gasteiger partial charge in [0.25, 0.3) is 5.91 Å². The van der Waals surface area contributed by atoms with Gasteiger partial charge in [-0.05, 0) is 25.2 Å². The number of pyridine rings is 1. The summed E-state index contributed by atoms with van der Waals surface area (Å²) in [6.45, 7) is 3.27. The predicted octanol–water partition coefficient (Wildman–Crippen LogP) is 2.37. The monoisotopic (exact) mass is 330 g/mol. The Kier molecular flexibility index (Phi) is 4.50. The second-order valence-electron chi connectivity index (χ2n) is 5.75. The van der Waals surface area contributed by atoms with Crippen LogP contribution in [0.3, 0.4) is 0 Å². The summed E-state index contributed by atoms with van der Waals surface area (Å²) in [6, 6.07) is 7.19. The average Bonchev–Trinajstić information content (AvgIpc) is 2.56. The summed E-state index contributed by atoms with van der Waals surface area (Å²) in [5, 5.41) is 0.517. The van der Waals surface area contributed by atoms with Gasteiger partial charge in [0.05, 0.1) is 11.9 Å². The third-order valence-corrected chi connectivity index (χ3v) is 4.46. The molecule has 0 unspecified atom stereocenters. The van der Waals surface area contributed by atoms with Crippen LogP contribution in [0.2, 0.25) is 5.02 Å². The lowest BCUT2D eigenvalue weighted by molar-refractivity contribution is 0.0664. The first-order chi connectivity index (χ1) is 11.1. The summed E-state index contributed by atoms with van der Waals surface area (Å²) in [5.41, 5.74) is 8.75. The van der Waals surface area contributed by atoms with Crippen LogP contribution in [0.1, 0.15) is 10.4 Å². The van der Waals surface area contributed by atoms with Crippen LogP contribution < -0.4 is 5.73 Å². The summed E-state index contributed by atoms with van der Waals surface area (Å²) >= 11 is 6.39. The van der Waals surface area contributed by atoms with Crippen LogP contribution in [-0.4, -0.2) is 53.9 Å². The largest absolute Gasteiger partial charge is 0.397 e. The van der Waals surface area contributed by atoms with Crippen LogP contribution in [0.25, 0.3) is 11.1 Å². The van der Waals surface area contributed by atoms with Gasteiger partial charge in [0, 0.05) is 54.1 Å². The number of hydrogen-bond acceptors (Lipinski definition) is 4. The maximum absolute atomic E-state index is 12.6. The highest BCUT2D eigenvalue weighted by Gasteiger charge is 2.21. The van der Waals surface area contributed by atoms with E-state index in [1.807, 2.05) is 23.1 Å². The number of amides is 1. The molecule has 5 nitrogen and oxygen atoms in total. The molecule has 0 spiro atoms. The van der Waals surface area contributed by atoms with Crippen molar-refractivity contribution in [2.75, 3.05) is 39.0 Å². The highest BCUT2D eigenvalue weighted by molar-refractivity contribution is 6.33. The van der Waals surface area contributed by atoms with Crippen LogP contribution in [0.5, 0.6) is 0 Å². The van der Waals surface area contributed by atoms with Crippen LogP contribution in [0.4, 0.5) is 5.69 Å². The average molecular weight is 331 g/mol. The quantitative estimate of drug-likeness (QED) is 0.918. The van der Waals surface area contributed by atoms with E-state index in [2.05, 4.69) is 16.9 Å². The fourth-order valence-electron chi connectivity index (χ4n) is 2.71. The molecule has 2 aromatic rings. The number of carbonyl (C=O) groups excluding carboxylic acids is 1. The molecule has 0 bridgehead atoms. The molecule has 0 aliphatic carbocycles. The van der Waals surface area contributed by atoms with Gasteiger partial charge >= 0.3 is 0 Å². The second kappa shape index (κ2) is 6.56. The molecule has 120 valence electrons. The SMILES string of the molecule is CN1CCN(C(=O)c2ccc(-c3ccncc3N)c(Cl)c2)CC1. The van der Waals surface area contributed by atoms with Crippen molar-refractivity contribution < 1.29 is 4.79 Å². The standard InChI is InChI=1S/C17H19ClN4O/c1-21-6-8-22(9-7-21)17(23)12-2-3-13(15(18)10-12)14-4-5-20-11-16(14)19/h2-5,10-11H,6-9,19H2,1H3. The van der Waals surface area contributed by atoms with Crippen molar-refractivity contribution in [2.24, 2.45) is 0 Å². The molecular formula is C17H19ClN4O. The molecule has 2 N–H and O–H groups in total. The Morgan fingerprint density at radius 1 is 1.17 bits per heavy atom. The first-order valence-corrected chi connectivity index (χ1v) is 7.91. The topological polar surface area (TPSA) is 62.5 Å². The number of rotatable bonds is 2. The lowest BCUT2D eigenvalue weighted by Gasteiger charge is -2.32. The van der Waals surface area contributed by atoms with Crippen molar-refractivity contribution >= 4 is 23.2 Å². The Balaban J connectivity index is 1.85. The van der Waals surface area contributed by atoms with Gasteiger partial charge in [0.1, 0.15) is 0 Å².